The Bertz CT molecular complexity index is 1080. The maximum atomic E-state index is 14.0. The maximum Gasteiger partial charge on any atom is 0.317 e. The Kier molecular flexibility index (Phi) is 7.11. The fraction of sp³-hybridized carbons (Fsp3) is 0.455. The molecule has 11 heteroatoms. The number of carbonyl (C=O) groups is 1. The van der Waals surface area contributed by atoms with Gasteiger partial charge in [-0.05, 0) is 25.2 Å². The Balaban J connectivity index is 1.33. The molecule has 9 nitrogen and oxygen atoms in total. The van der Waals surface area contributed by atoms with Gasteiger partial charge in [0.25, 0.3) is 0 Å². The molecule has 3 heterocycles. The Hall–Kier alpha value is -2.76. The lowest BCUT2D eigenvalue weighted by molar-refractivity contribution is 0.172. The Morgan fingerprint density at radius 3 is 2.39 bits per heavy atom. The summed E-state index contributed by atoms with van der Waals surface area (Å²) in [5, 5.41) is 2.93. The number of sulfonamides is 1. The summed E-state index contributed by atoms with van der Waals surface area (Å²) in [5.41, 5.74) is 0.941. The van der Waals surface area contributed by atoms with Crippen LogP contribution in [0.4, 0.5) is 15.0 Å². The highest BCUT2D eigenvalue weighted by Crippen LogP contribution is 2.21. The first-order chi connectivity index (χ1) is 15.9. The van der Waals surface area contributed by atoms with Crippen LogP contribution in [0.2, 0.25) is 0 Å². The van der Waals surface area contributed by atoms with Crippen molar-refractivity contribution in [2.24, 2.45) is 0 Å². The number of hydrogen-bond acceptors (Lipinski definition) is 6. The molecule has 1 aromatic carbocycles. The second-order valence-electron chi connectivity index (χ2n) is 8.26. The summed E-state index contributed by atoms with van der Waals surface area (Å²) in [6.45, 7) is 4.72. The lowest BCUT2D eigenvalue weighted by Gasteiger charge is -2.35. The number of piperazine rings is 2. The van der Waals surface area contributed by atoms with Crippen LogP contribution in [0.15, 0.2) is 47.5 Å². The molecule has 0 saturated carbocycles. The first-order valence-electron chi connectivity index (χ1n) is 11.0. The third kappa shape index (κ3) is 5.26. The molecule has 2 saturated heterocycles. The second kappa shape index (κ2) is 10.0. The smallest absolute Gasteiger partial charge is 0.317 e. The van der Waals surface area contributed by atoms with Gasteiger partial charge in [-0.15, -0.1) is 0 Å². The van der Waals surface area contributed by atoms with Crippen LogP contribution < -0.4 is 10.2 Å². The Morgan fingerprint density at radius 1 is 1.00 bits per heavy atom. The van der Waals surface area contributed by atoms with Gasteiger partial charge in [-0.2, -0.15) is 4.31 Å². The summed E-state index contributed by atoms with van der Waals surface area (Å²) in [5.74, 6) is 0.108. The zero-order valence-corrected chi connectivity index (χ0v) is 19.5. The number of nitrogens with zero attached hydrogens (tertiary/aromatic N) is 5. The normalized spacial score (nSPS) is 18.4. The summed E-state index contributed by atoms with van der Waals surface area (Å²) in [4.78, 5) is 23.0. The van der Waals surface area contributed by atoms with Crippen molar-refractivity contribution in [3.05, 3.63) is 54.0 Å². The minimum absolute atomic E-state index is 0.115. The summed E-state index contributed by atoms with van der Waals surface area (Å²) < 4.78 is 40.7. The highest BCUT2D eigenvalue weighted by atomic mass is 32.2. The van der Waals surface area contributed by atoms with Crippen LogP contribution >= 0.6 is 0 Å². The summed E-state index contributed by atoms with van der Waals surface area (Å²) in [7, 11) is -1.84. The number of pyridine rings is 1. The van der Waals surface area contributed by atoms with Crippen LogP contribution in [0.5, 0.6) is 0 Å². The van der Waals surface area contributed by atoms with Crippen molar-refractivity contribution in [1.29, 1.82) is 0 Å². The van der Waals surface area contributed by atoms with E-state index in [1.807, 2.05) is 12.1 Å². The number of urea groups is 1. The molecule has 0 atom stereocenters. The predicted octanol–water partition coefficient (Wildman–Crippen LogP) is 1.19. The molecule has 0 spiro atoms. The number of carbonyl (C=O) groups excluding carboxylic acids is 1. The predicted molar refractivity (Wildman–Crippen MR) is 123 cm³/mol. The van der Waals surface area contributed by atoms with E-state index in [9.17, 15) is 17.6 Å². The monoisotopic (exact) mass is 476 g/mol. The molecule has 1 N–H and O–H groups in total. The van der Waals surface area contributed by atoms with E-state index in [4.69, 9.17) is 0 Å². The van der Waals surface area contributed by atoms with E-state index in [-0.39, 0.29) is 37.1 Å². The molecule has 33 heavy (non-hydrogen) atoms. The molecule has 2 aliphatic heterocycles. The summed E-state index contributed by atoms with van der Waals surface area (Å²) >= 11 is 0. The third-order valence-electron chi connectivity index (χ3n) is 6.08. The van der Waals surface area contributed by atoms with E-state index in [1.54, 1.807) is 11.1 Å². The highest BCUT2D eigenvalue weighted by molar-refractivity contribution is 7.89. The Morgan fingerprint density at radius 2 is 1.70 bits per heavy atom. The van der Waals surface area contributed by atoms with Gasteiger partial charge in [0.2, 0.25) is 10.0 Å². The van der Waals surface area contributed by atoms with Gasteiger partial charge in [-0.25, -0.2) is 22.6 Å². The van der Waals surface area contributed by atoms with Crippen LogP contribution in [0.1, 0.15) is 5.56 Å². The quantitative estimate of drug-likeness (QED) is 0.698. The molecule has 0 bridgehead atoms. The molecule has 2 aliphatic rings. The van der Waals surface area contributed by atoms with Gasteiger partial charge < -0.3 is 20.0 Å². The minimum Gasteiger partial charge on any atom is -0.354 e. The number of nitrogens with one attached hydrogen (secondary N) is 1. The summed E-state index contributed by atoms with van der Waals surface area (Å²) in [6.07, 6.45) is 1.76. The minimum atomic E-state index is -3.94. The first kappa shape index (κ1) is 23.4. The standard InChI is InChI=1S/C22H29FN6O3S/c1-26-9-11-27(12-10-26)21-18(5-4-8-24-21)17-25-22(30)28-13-15-29(16-14-28)33(31,32)20-7-3-2-6-19(20)23/h2-8H,9-17H2,1H3,(H,25,30). The molecular weight excluding hydrogens is 447 g/mol. The summed E-state index contributed by atoms with van der Waals surface area (Å²) in [6, 6.07) is 8.89. The van der Waals surface area contributed by atoms with Gasteiger partial charge in [0.1, 0.15) is 16.5 Å². The zero-order valence-electron chi connectivity index (χ0n) is 18.7. The lowest BCUT2D eigenvalue weighted by Crippen LogP contribution is -2.53. The Labute approximate surface area is 193 Å². The first-order valence-corrected chi connectivity index (χ1v) is 12.4. The third-order valence-corrected chi connectivity index (χ3v) is 8.01. The van der Waals surface area contributed by atoms with Crippen molar-refractivity contribution < 1.29 is 17.6 Å². The lowest BCUT2D eigenvalue weighted by atomic mass is 10.2. The number of benzene rings is 1. The fourth-order valence-corrected chi connectivity index (χ4v) is 5.57. The molecular formula is C22H29FN6O3S. The van der Waals surface area contributed by atoms with Gasteiger partial charge in [-0.3, -0.25) is 0 Å². The van der Waals surface area contributed by atoms with E-state index in [0.717, 1.165) is 43.6 Å². The van der Waals surface area contributed by atoms with Crippen LogP contribution in [-0.4, -0.2) is 92.9 Å². The van der Waals surface area contributed by atoms with Gasteiger partial charge in [0, 0.05) is 70.7 Å². The zero-order chi connectivity index (χ0) is 23.4. The molecule has 178 valence electrons. The van der Waals surface area contributed by atoms with Crippen LogP contribution in [0.3, 0.4) is 0 Å². The van der Waals surface area contributed by atoms with Crippen LogP contribution in [0, 0.1) is 5.82 Å². The van der Waals surface area contributed by atoms with E-state index in [0.29, 0.717) is 6.54 Å². The van der Waals surface area contributed by atoms with Crippen LogP contribution in [-0.2, 0) is 16.6 Å². The average Bonchev–Trinajstić information content (AvgIpc) is 2.83. The number of anilines is 1. The molecule has 2 fully saturated rings. The molecule has 1 aromatic heterocycles. The van der Waals surface area contributed by atoms with E-state index in [2.05, 4.69) is 27.1 Å². The van der Waals surface area contributed by atoms with Gasteiger partial charge in [0.15, 0.2) is 0 Å². The fourth-order valence-electron chi connectivity index (χ4n) is 4.08. The van der Waals surface area contributed by atoms with Crippen molar-refractivity contribution in [1.82, 2.24) is 24.4 Å². The molecule has 2 amide bonds. The van der Waals surface area contributed by atoms with Crippen molar-refractivity contribution in [2.75, 3.05) is 64.3 Å². The number of amides is 2. The van der Waals surface area contributed by atoms with Gasteiger partial charge in [-0.1, -0.05) is 18.2 Å². The van der Waals surface area contributed by atoms with E-state index >= 15 is 0 Å². The molecule has 0 unspecified atom stereocenters. The van der Waals surface area contributed by atoms with Crippen LogP contribution in [0.25, 0.3) is 0 Å². The van der Waals surface area contributed by atoms with Crippen molar-refractivity contribution in [2.45, 2.75) is 11.4 Å². The van der Waals surface area contributed by atoms with Crippen molar-refractivity contribution in [3.63, 3.8) is 0 Å². The highest BCUT2D eigenvalue weighted by Gasteiger charge is 2.31. The second-order valence-corrected chi connectivity index (χ2v) is 10.2. The van der Waals surface area contributed by atoms with Crippen molar-refractivity contribution in [3.8, 4) is 0 Å². The van der Waals surface area contributed by atoms with E-state index in [1.165, 1.54) is 22.5 Å². The topological polar surface area (TPSA) is 89.1 Å². The average molecular weight is 477 g/mol. The number of aromatic nitrogens is 1. The van der Waals surface area contributed by atoms with Crippen molar-refractivity contribution >= 4 is 21.9 Å². The number of halogens is 1. The van der Waals surface area contributed by atoms with Gasteiger partial charge in [0.05, 0.1) is 0 Å². The number of hydrogen-bond donors (Lipinski definition) is 1. The molecule has 4 rings (SSSR count). The molecule has 0 aliphatic carbocycles. The number of likely N-dealkylation sites (N-methyl/N-ethyl adjacent to an activating group) is 1. The molecule has 0 radical (unpaired) electrons. The number of rotatable bonds is 5. The largest absolute Gasteiger partial charge is 0.354 e. The van der Waals surface area contributed by atoms with Gasteiger partial charge >= 0.3 is 6.03 Å². The van der Waals surface area contributed by atoms with E-state index < -0.39 is 15.8 Å². The SMILES string of the molecule is CN1CCN(c2ncccc2CNC(=O)N2CCN(S(=O)(=O)c3ccccc3F)CC2)CC1. The maximum absolute atomic E-state index is 14.0. The molecule has 2 aromatic rings.